The largest absolute Gasteiger partial charge is 0.454 e. The fourth-order valence-corrected chi connectivity index (χ4v) is 2.02. The number of hydrogen-bond acceptors (Lipinski definition) is 7. The van der Waals surface area contributed by atoms with Gasteiger partial charge in [-0.25, -0.2) is 9.97 Å². The Labute approximate surface area is 150 Å². The van der Waals surface area contributed by atoms with Crippen molar-refractivity contribution in [3.8, 4) is 0 Å². The number of ether oxygens (including phenoxy) is 1. The highest BCUT2D eigenvalue weighted by atomic mass is 16.5. The van der Waals surface area contributed by atoms with E-state index in [0.717, 1.165) is 0 Å². The van der Waals surface area contributed by atoms with Crippen LogP contribution in [0.3, 0.4) is 0 Å². The predicted octanol–water partition coefficient (Wildman–Crippen LogP) is 0.454. The highest BCUT2D eigenvalue weighted by molar-refractivity contribution is 5.97. The fraction of sp³-hybridized carbons (Fsp3) is 0.235. The van der Waals surface area contributed by atoms with Crippen molar-refractivity contribution < 1.29 is 19.1 Å². The molecule has 136 valence electrons. The molecule has 0 unspecified atom stereocenters. The summed E-state index contributed by atoms with van der Waals surface area (Å²) in [5, 5.41) is 5.06. The Morgan fingerprint density at radius 3 is 2.58 bits per heavy atom. The van der Waals surface area contributed by atoms with Gasteiger partial charge < -0.3 is 20.3 Å². The Bertz CT molecular complexity index is 782. The number of nitrogens with zero attached hydrogens (tertiary/aromatic N) is 3. The summed E-state index contributed by atoms with van der Waals surface area (Å²) in [6.07, 6.45) is 3.12. The molecule has 0 aliphatic carbocycles. The van der Waals surface area contributed by atoms with Gasteiger partial charge in [0.05, 0.1) is 0 Å². The molecular formula is C17H19N5O4. The molecule has 9 heteroatoms. The fourth-order valence-electron chi connectivity index (χ4n) is 2.02. The molecule has 0 radical (unpaired) electrons. The van der Waals surface area contributed by atoms with Gasteiger partial charge in [-0.05, 0) is 24.3 Å². The van der Waals surface area contributed by atoms with Crippen molar-refractivity contribution in [3.05, 3.63) is 48.3 Å². The Hall–Kier alpha value is -3.49. The molecule has 26 heavy (non-hydrogen) atoms. The Morgan fingerprint density at radius 1 is 1.15 bits per heavy atom. The van der Waals surface area contributed by atoms with Crippen LogP contribution in [0.2, 0.25) is 0 Å². The number of esters is 1. The molecule has 2 amide bonds. The quantitative estimate of drug-likeness (QED) is 0.692. The van der Waals surface area contributed by atoms with Crippen molar-refractivity contribution in [2.45, 2.75) is 0 Å². The van der Waals surface area contributed by atoms with Gasteiger partial charge in [0.25, 0.3) is 11.8 Å². The van der Waals surface area contributed by atoms with E-state index in [0.29, 0.717) is 17.2 Å². The van der Waals surface area contributed by atoms with Crippen molar-refractivity contribution >= 4 is 29.4 Å². The highest BCUT2D eigenvalue weighted by Gasteiger charge is 2.13. The number of carbonyl (C=O) groups excluding carboxylic acids is 3. The molecule has 1 aromatic carbocycles. The molecule has 0 aliphatic rings. The minimum atomic E-state index is -0.589. The number of likely N-dealkylation sites (N-methyl/N-ethyl adjacent to an activating group) is 1. The summed E-state index contributed by atoms with van der Waals surface area (Å²) in [4.78, 5) is 44.8. The van der Waals surface area contributed by atoms with E-state index in [-0.39, 0.29) is 12.5 Å². The second-order valence-corrected chi connectivity index (χ2v) is 5.27. The van der Waals surface area contributed by atoms with Crippen LogP contribution < -0.4 is 15.5 Å². The molecular weight excluding hydrogens is 338 g/mol. The number of aromatic nitrogens is 2. The molecule has 1 heterocycles. The molecule has 2 rings (SSSR count). The Balaban J connectivity index is 1.81. The van der Waals surface area contributed by atoms with E-state index in [1.165, 1.54) is 18.0 Å². The Morgan fingerprint density at radius 2 is 1.88 bits per heavy atom. The second kappa shape index (κ2) is 9.11. The van der Waals surface area contributed by atoms with Crippen LogP contribution in [0.1, 0.15) is 10.4 Å². The summed E-state index contributed by atoms with van der Waals surface area (Å²) in [5.74, 6) is -0.987. The van der Waals surface area contributed by atoms with Crippen LogP contribution in [0.15, 0.2) is 42.7 Å². The van der Waals surface area contributed by atoms with Crippen LogP contribution in [0, 0.1) is 0 Å². The molecule has 0 spiro atoms. The normalized spacial score (nSPS) is 9.92. The van der Waals surface area contributed by atoms with Crippen LogP contribution in [-0.4, -0.2) is 55.0 Å². The number of carbonyl (C=O) groups is 3. The molecule has 2 aromatic rings. The summed E-state index contributed by atoms with van der Waals surface area (Å²) in [7, 11) is 3.16. The van der Waals surface area contributed by atoms with Gasteiger partial charge in [0.2, 0.25) is 5.95 Å². The van der Waals surface area contributed by atoms with Crippen molar-refractivity contribution in [2.75, 3.05) is 37.5 Å². The predicted molar refractivity (Wildman–Crippen MR) is 94.7 cm³/mol. The molecule has 0 aliphatic heterocycles. The van der Waals surface area contributed by atoms with E-state index in [2.05, 4.69) is 20.6 Å². The minimum absolute atomic E-state index is 0.0938. The first-order valence-electron chi connectivity index (χ1n) is 7.75. The van der Waals surface area contributed by atoms with Crippen molar-refractivity contribution in [1.29, 1.82) is 0 Å². The lowest BCUT2D eigenvalue weighted by Gasteiger charge is -2.15. The van der Waals surface area contributed by atoms with Crippen LogP contribution in [0.4, 0.5) is 11.6 Å². The number of amides is 2. The zero-order valence-corrected chi connectivity index (χ0v) is 14.4. The van der Waals surface area contributed by atoms with Gasteiger partial charge in [-0.2, -0.15) is 0 Å². The lowest BCUT2D eigenvalue weighted by Crippen LogP contribution is -2.30. The van der Waals surface area contributed by atoms with Crippen LogP contribution >= 0.6 is 0 Å². The third-order valence-electron chi connectivity index (χ3n) is 3.26. The van der Waals surface area contributed by atoms with E-state index >= 15 is 0 Å². The average molecular weight is 357 g/mol. The summed E-state index contributed by atoms with van der Waals surface area (Å²) >= 11 is 0. The van der Waals surface area contributed by atoms with Crippen LogP contribution in [0.5, 0.6) is 0 Å². The van der Waals surface area contributed by atoms with E-state index in [1.807, 2.05) is 0 Å². The molecule has 2 N–H and O–H groups in total. The third-order valence-corrected chi connectivity index (χ3v) is 3.26. The van der Waals surface area contributed by atoms with E-state index in [9.17, 15) is 14.4 Å². The third kappa shape index (κ3) is 5.55. The molecule has 0 saturated carbocycles. The average Bonchev–Trinajstić information content (AvgIpc) is 2.66. The number of anilines is 2. The van der Waals surface area contributed by atoms with Gasteiger partial charge >= 0.3 is 5.97 Å². The second-order valence-electron chi connectivity index (χ2n) is 5.27. The van der Waals surface area contributed by atoms with Crippen molar-refractivity contribution in [3.63, 3.8) is 0 Å². The number of nitrogens with one attached hydrogen (secondary N) is 2. The monoisotopic (exact) mass is 357 g/mol. The van der Waals surface area contributed by atoms with E-state index in [4.69, 9.17) is 4.74 Å². The maximum Gasteiger partial charge on any atom is 0.326 e. The topological polar surface area (TPSA) is 114 Å². The van der Waals surface area contributed by atoms with Gasteiger partial charge in [0, 0.05) is 37.7 Å². The molecule has 1 aromatic heterocycles. The number of rotatable bonds is 7. The van der Waals surface area contributed by atoms with Crippen LogP contribution in [0.25, 0.3) is 0 Å². The molecule has 0 fully saturated rings. The lowest BCUT2D eigenvalue weighted by atomic mass is 10.2. The van der Waals surface area contributed by atoms with Gasteiger partial charge in [0.1, 0.15) is 6.54 Å². The highest BCUT2D eigenvalue weighted by Crippen LogP contribution is 2.10. The summed E-state index contributed by atoms with van der Waals surface area (Å²) < 4.78 is 4.94. The van der Waals surface area contributed by atoms with Gasteiger partial charge in [-0.3, -0.25) is 14.4 Å². The standard InChI is InChI=1S/C17H19N5O4/c1-18-16(25)12-5-3-6-13(9-12)21-14(23)11-26-15(24)10-22(2)17-19-7-4-8-20-17/h3-9H,10-11H2,1-2H3,(H,18,25)(H,21,23). The zero-order valence-electron chi connectivity index (χ0n) is 14.4. The van der Waals surface area contributed by atoms with E-state index in [1.54, 1.807) is 43.7 Å². The smallest absolute Gasteiger partial charge is 0.326 e. The van der Waals surface area contributed by atoms with Gasteiger partial charge in [0.15, 0.2) is 6.61 Å². The summed E-state index contributed by atoms with van der Waals surface area (Å²) in [6, 6.07) is 8.09. The first-order chi connectivity index (χ1) is 12.5. The maximum absolute atomic E-state index is 11.9. The first-order valence-corrected chi connectivity index (χ1v) is 7.75. The van der Waals surface area contributed by atoms with Crippen molar-refractivity contribution in [1.82, 2.24) is 15.3 Å². The molecule has 0 saturated heterocycles. The van der Waals surface area contributed by atoms with Gasteiger partial charge in [-0.15, -0.1) is 0 Å². The Kier molecular flexibility index (Phi) is 6.60. The molecule has 9 nitrogen and oxygen atoms in total. The molecule has 0 bridgehead atoms. The summed E-state index contributed by atoms with van der Waals surface area (Å²) in [6.45, 7) is -0.532. The molecule has 0 atom stereocenters. The van der Waals surface area contributed by atoms with Crippen LogP contribution in [-0.2, 0) is 14.3 Å². The maximum atomic E-state index is 11.9. The zero-order chi connectivity index (χ0) is 18.9. The summed E-state index contributed by atoms with van der Waals surface area (Å²) in [5.41, 5.74) is 0.841. The SMILES string of the molecule is CNC(=O)c1cccc(NC(=O)COC(=O)CN(C)c2ncccn2)c1. The van der Waals surface area contributed by atoms with E-state index < -0.39 is 18.5 Å². The first kappa shape index (κ1) is 18.8. The number of hydrogen-bond donors (Lipinski definition) is 2. The van der Waals surface area contributed by atoms with Gasteiger partial charge in [-0.1, -0.05) is 6.07 Å². The lowest BCUT2D eigenvalue weighted by molar-refractivity contribution is -0.145. The van der Waals surface area contributed by atoms with Crippen molar-refractivity contribution in [2.24, 2.45) is 0 Å². The number of benzene rings is 1. The minimum Gasteiger partial charge on any atom is -0.454 e.